The van der Waals surface area contributed by atoms with Gasteiger partial charge in [-0.05, 0) is 17.3 Å². The van der Waals surface area contributed by atoms with Gasteiger partial charge in [0, 0.05) is 13.0 Å². The summed E-state index contributed by atoms with van der Waals surface area (Å²) >= 11 is 2.19. The van der Waals surface area contributed by atoms with E-state index in [4.69, 9.17) is 5.11 Å². The van der Waals surface area contributed by atoms with Crippen molar-refractivity contribution < 1.29 is 14.3 Å². The Hall–Kier alpha value is 0.0900. The van der Waals surface area contributed by atoms with Crippen LogP contribution >= 0.6 is 22.6 Å². The molecule has 76 valence electrons. The highest BCUT2D eigenvalue weighted by Crippen LogP contribution is 2.27. The summed E-state index contributed by atoms with van der Waals surface area (Å²) in [4.78, 5) is 10.9. The van der Waals surface area contributed by atoms with Crippen LogP contribution in [0, 0.1) is 0 Å². The molecule has 1 rings (SSSR count). The minimum atomic E-state index is -1.01. The average molecular weight is 301 g/mol. The summed E-state index contributed by atoms with van der Waals surface area (Å²) in [7, 11) is 0. The van der Waals surface area contributed by atoms with Gasteiger partial charge in [0.15, 0.2) is 0 Å². The van der Waals surface area contributed by atoms with E-state index in [-0.39, 0.29) is 13.0 Å². The predicted octanol–water partition coefficient (Wildman–Crippen LogP) is 1.36. The lowest BCUT2D eigenvalue weighted by molar-refractivity contribution is -0.144. The van der Waals surface area contributed by atoms with E-state index < -0.39 is 17.7 Å². The van der Waals surface area contributed by atoms with Crippen LogP contribution < -0.4 is 5.32 Å². The van der Waals surface area contributed by atoms with Crippen molar-refractivity contribution >= 4 is 28.6 Å². The molecule has 5 heteroatoms. The van der Waals surface area contributed by atoms with Crippen molar-refractivity contribution in [3.63, 3.8) is 0 Å². The quantitative estimate of drug-likeness (QED) is 0.609. The van der Waals surface area contributed by atoms with E-state index in [9.17, 15) is 9.18 Å². The molecule has 0 aromatic rings. The lowest BCUT2D eigenvalue weighted by Crippen LogP contribution is -2.47. The Morgan fingerprint density at radius 1 is 1.77 bits per heavy atom. The van der Waals surface area contributed by atoms with Crippen molar-refractivity contribution in [1.29, 1.82) is 0 Å². The highest BCUT2D eigenvalue weighted by molar-refractivity contribution is 14.1. The van der Waals surface area contributed by atoms with E-state index >= 15 is 0 Å². The fraction of sp³-hybridized carbons (Fsp3) is 0.875. The number of alkyl halides is 2. The monoisotopic (exact) mass is 301 g/mol. The first-order valence-corrected chi connectivity index (χ1v) is 5.82. The van der Waals surface area contributed by atoms with E-state index in [1.54, 1.807) is 0 Å². The number of hydrogen-bond acceptors (Lipinski definition) is 2. The van der Waals surface area contributed by atoms with E-state index in [0.717, 1.165) is 10.8 Å². The van der Waals surface area contributed by atoms with Crippen LogP contribution in [0.3, 0.4) is 0 Å². The lowest BCUT2D eigenvalue weighted by Gasteiger charge is -2.23. The summed E-state index contributed by atoms with van der Waals surface area (Å²) in [6.07, 6.45) is 0.433. The van der Waals surface area contributed by atoms with Crippen LogP contribution in [0.1, 0.15) is 19.3 Å². The van der Waals surface area contributed by atoms with Crippen molar-refractivity contribution in [2.75, 3.05) is 11.0 Å². The largest absolute Gasteiger partial charge is 0.480 e. The van der Waals surface area contributed by atoms with Gasteiger partial charge in [-0.15, -0.1) is 0 Å². The van der Waals surface area contributed by atoms with Gasteiger partial charge >= 0.3 is 5.97 Å². The second kappa shape index (κ2) is 4.54. The summed E-state index contributed by atoms with van der Waals surface area (Å²) < 4.78 is 13.8. The third-order valence-electron chi connectivity index (χ3n) is 2.38. The van der Waals surface area contributed by atoms with Crippen LogP contribution in [0.15, 0.2) is 0 Å². The number of carbonyl (C=O) groups is 1. The third-order valence-corrected chi connectivity index (χ3v) is 3.14. The summed E-state index contributed by atoms with van der Waals surface area (Å²) in [5, 5.41) is 11.8. The summed E-state index contributed by atoms with van der Waals surface area (Å²) in [5.74, 6) is -0.919. The Balaban J connectivity index is 2.60. The van der Waals surface area contributed by atoms with Gasteiger partial charge in [-0.2, -0.15) is 0 Å². The molecule has 0 aliphatic carbocycles. The second-order valence-electron chi connectivity index (χ2n) is 3.36. The molecule has 1 saturated heterocycles. The lowest BCUT2D eigenvalue weighted by atomic mass is 9.92. The predicted molar refractivity (Wildman–Crippen MR) is 56.0 cm³/mol. The van der Waals surface area contributed by atoms with E-state index in [1.165, 1.54) is 0 Å². The van der Waals surface area contributed by atoms with Crippen LogP contribution in [0.2, 0.25) is 0 Å². The molecule has 1 heterocycles. The zero-order valence-electron chi connectivity index (χ0n) is 7.22. The zero-order valence-corrected chi connectivity index (χ0v) is 9.38. The molecule has 0 aromatic heterocycles. The van der Waals surface area contributed by atoms with Gasteiger partial charge in [0.05, 0.1) is 0 Å². The van der Waals surface area contributed by atoms with Gasteiger partial charge in [-0.3, -0.25) is 10.1 Å². The Bertz CT molecular complexity index is 203. The molecule has 2 N–H and O–H groups in total. The molecule has 0 bridgehead atoms. The van der Waals surface area contributed by atoms with Gasteiger partial charge < -0.3 is 5.11 Å². The Morgan fingerprint density at radius 3 is 2.85 bits per heavy atom. The van der Waals surface area contributed by atoms with Crippen molar-refractivity contribution in [3.8, 4) is 0 Å². The molecule has 0 unspecified atom stereocenters. The normalized spacial score (nSPS) is 33.5. The molecule has 0 amide bonds. The maximum absolute atomic E-state index is 12.9. The molecular formula is C8H13FINO2. The highest BCUT2D eigenvalue weighted by atomic mass is 127. The molecule has 13 heavy (non-hydrogen) atoms. The van der Waals surface area contributed by atoms with Crippen LogP contribution in [-0.2, 0) is 4.79 Å². The number of aliphatic carboxylic acids is 1. The summed E-state index contributed by atoms with van der Waals surface area (Å²) in [5.41, 5.74) is -0.995. The third kappa shape index (κ3) is 2.52. The van der Waals surface area contributed by atoms with Crippen molar-refractivity contribution in [2.45, 2.75) is 31.0 Å². The fourth-order valence-electron chi connectivity index (χ4n) is 1.66. The van der Waals surface area contributed by atoms with Crippen molar-refractivity contribution in [2.24, 2.45) is 0 Å². The fourth-order valence-corrected chi connectivity index (χ4v) is 2.04. The van der Waals surface area contributed by atoms with Gasteiger partial charge in [0.25, 0.3) is 0 Å². The van der Waals surface area contributed by atoms with Gasteiger partial charge in [-0.1, -0.05) is 22.6 Å². The first kappa shape index (κ1) is 11.2. The summed E-state index contributed by atoms with van der Waals surface area (Å²) in [6, 6.07) is 0. The molecule has 0 spiro atoms. The van der Waals surface area contributed by atoms with Gasteiger partial charge in [0.1, 0.15) is 11.7 Å². The first-order chi connectivity index (χ1) is 6.10. The van der Waals surface area contributed by atoms with Crippen molar-refractivity contribution in [3.05, 3.63) is 0 Å². The first-order valence-electron chi connectivity index (χ1n) is 4.29. The number of hydrogen-bond donors (Lipinski definition) is 2. The van der Waals surface area contributed by atoms with Gasteiger partial charge in [-0.25, -0.2) is 4.39 Å². The Labute approximate surface area is 90.2 Å². The van der Waals surface area contributed by atoms with Crippen LogP contribution in [0.4, 0.5) is 4.39 Å². The van der Waals surface area contributed by atoms with E-state index in [0.29, 0.717) is 6.42 Å². The van der Waals surface area contributed by atoms with Crippen LogP contribution in [-0.4, -0.2) is 33.8 Å². The molecule has 0 radical (unpaired) electrons. The van der Waals surface area contributed by atoms with E-state index in [2.05, 4.69) is 27.9 Å². The van der Waals surface area contributed by atoms with Crippen LogP contribution in [0.25, 0.3) is 0 Å². The molecule has 1 aliphatic heterocycles. The zero-order chi connectivity index (χ0) is 9.90. The SMILES string of the molecule is O=C(O)[C@@]1(CCCI)C[C@@H](F)CN1. The molecule has 0 aromatic carbocycles. The average Bonchev–Trinajstić information content (AvgIpc) is 2.45. The summed E-state index contributed by atoms with van der Waals surface area (Å²) in [6.45, 7) is 0.174. The molecule has 1 aliphatic rings. The number of nitrogens with one attached hydrogen (secondary N) is 1. The maximum Gasteiger partial charge on any atom is 0.324 e. The molecule has 0 saturated carbocycles. The smallest absolute Gasteiger partial charge is 0.324 e. The Morgan fingerprint density at radius 2 is 2.46 bits per heavy atom. The second-order valence-corrected chi connectivity index (χ2v) is 4.44. The number of carboxylic acid groups (broad SMARTS) is 1. The standard InChI is InChI=1S/C8H13FINO2/c9-6-4-8(7(12)13,11-5-6)2-1-3-10/h6,11H,1-5H2,(H,12,13)/t6-,8-/m1/s1. The van der Waals surface area contributed by atoms with Crippen molar-refractivity contribution in [1.82, 2.24) is 5.32 Å². The molecule has 1 fully saturated rings. The molecule has 3 nitrogen and oxygen atoms in total. The maximum atomic E-state index is 12.9. The Kier molecular flexibility index (Phi) is 3.90. The highest BCUT2D eigenvalue weighted by Gasteiger charge is 2.44. The minimum Gasteiger partial charge on any atom is -0.480 e. The van der Waals surface area contributed by atoms with E-state index in [1.807, 2.05) is 0 Å². The number of rotatable bonds is 4. The molecule has 2 atom stereocenters. The topological polar surface area (TPSA) is 49.3 Å². The number of carboxylic acids is 1. The van der Waals surface area contributed by atoms with Gasteiger partial charge in [0.2, 0.25) is 0 Å². The molecular weight excluding hydrogens is 288 g/mol. The minimum absolute atomic E-state index is 0.110. The van der Waals surface area contributed by atoms with Crippen LogP contribution in [0.5, 0.6) is 0 Å². The number of halogens is 2.